The van der Waals surface area contributed by atoms with E-state index in [2.05, 4.69) is 4.98 Å². The number of carbonyl (C=O) groups is 1. The minimum Gasteiger partial charge on any atom is -0.368 e. The Morgan fingerprint density at radius 3 is 2.68 bits per heavy atom. The molecule has 3 aromatic rings. The van der Waals surface area contributed by atoms with Gasteiger partial charge in [-0.1, -0.05) is 18.2 Å². The largest absolute Gasteiger partial charge is 0.368 e. The van der Waals surface area contributed by atoms with Crippen LogP contribution in [0, 0.1) is 19.7 Å². The van der Waals surface area contributed by atoms with Gasteiger partial charge >= 0.3 is 0 Å². The maximum Gasteiger partial charge on any atom is 0.263 e. The van der Waals surface area contributed by atoms with Crippen molar-refractivity contribution >= 4 is 27.5 Å². The SMILES string of the molecule is Cc1sc2nc(Cc3ccccc3F)n(C(C)C(N)=O)c(=O)c2c1C. The van der Waals surface area contributed by atoms with Crippen LogP contribution in [-0.4, -0.2) is 15.5 Å². The highest BCUT2D eigenvalue weighted by atomic mass is 32.1. The molecule has 7 heteroatoms. The van der Waals surface area contributed by atoms with Crippen molar-refractivity contribution in [3.63, 3.8) is 0 Å². The van der Waals surface area contributed by atoms with E-state index in [1.165, 1.54) is 22.0 Å². The predicted molar refractivity (Wildman–Crippen MR) is 96.5 cm³/mol. The van der Waals surface area contributed by atoms with Crippen LogP contribution in [0.4, 0.5) is 4.39 Å². The first-order chi connectivity index (χ1) is 11.8. The van der Waals surface area contributed by atoms with E-state index in [0.29, 0.717) is 21.6 Å². The summed E-state index contributed by atoms with van der Waals surface area (Å²) in [4.78, 5) is 30.9. The number of thiophene rings is 1. The minimum atomic E-state index is -0.870. The third-order valence-electron chi connectivity index (χ3n) is 4.41. The van der Waals surface area contributed by atoms with Crippen molar-refractivity contribution in [2.45, 2.75) is 33.2 Å². The summed E-state index contributed by atoms with van der Waals surface area (Å²) in [6.07, 6.45) is 0.103. The highest BCUT2D eigenvalue weighted by Gasteiger charge is 2.23. The zero-order chi connectivity index (χ0) is 18.3. The van der Waals surface area contributed by atoms with Crippen LogP contribution < -0.4 is 11.3 Å². The Balaban J connectivity index is 2.29. The molecule has 0 aliphatic heterocycles. The average molecular weight is 359 g/mol. The van der Waals surface area contributed by atoms with Crippen LogP contribution in [-0.2, 0) is 11.2 Å². The zero-order valence-electron chi connectivity index (χ0n) is 14.2. The van der Waals surface area contributed by atoms with Crippen LogP contribution in [0.5, 0.6) is 0 Å². The molecule has 130 valence electrons. The van der Waals surface area contributed by atoms with Gasteiger partial charge in [-0.05, 0) is 38.0 Å². The molecular weight excluding hydrogens is 341 g/mol. The standard InChI is InChI=1S/C18H18FN3O2S/c1-9-11(3)25-17-15(9)18(24)22(10(2)16(20)23)14(21-17)8-12-6-4-5-7-13(12)19/h4-7,10H,8H2,1-3H3,(H2,20,23). The van der Waals surface area contributed by atoms with Gasteiger partial charge < -0.3 is 5.73 Å². The summed E-state index contributed by atoms with van der Waals surface area (Å²) < 4.78 is 15.3. The van der Waals surface area contributed by atoms with Crippen molar-refractivity contribution < 1.29 is 9.18 Å². The summed E-state index contributed by atoms with van der Waals surface area (Å²) in [6.45, 7) is 5.32. The molecular formula is C18H18FN3O2S. The van der Waals surface area contributed by atoms with Crippen LogP contribution in [0.25, 0.3) is 10.2 Å². The molecule has 0 aliphatic rings. The molecule has 2 heterocycles. The summed E-state index contributed by atoms with van der Waals surface area (Å²) in [7, 11) is 0. The van der Waals surface area contributed by atoms with Gasteiger partial charge in [0.1, 0.15) is 22.5 Å². The molecule has 0 spiro atoms. The topological polar surface area (TPSA) is 78.0 Å². The number of rotatable bonds is 4. The number of fused-ring (bicyclic) bond motifs is 1. The molecule has 0 fully saturated rings. The van der Waals surface area contributed by atoms with E-state index < -0.39 is 11.9 Å². The Labute approximate surface area is 147 Å². The molecule has 0 bridgehead atoms. The van der Waals surface area contributed by atoms with Gasteiger partial charge in [-0.25, -0.2) is 9.37 Å². The number of carbonyl (C=O) groups excluding carboxylic acids is 1. The fraction of sp³-hybridized carbons (Fsp3) is 0.278. The van der Waals surface area contributed by atoms with E-state index in [4.69, 9.17) is 5.73 Å². The number of nitrogens with two attached hydrogens (primary N) is 1. The van der Waals surface area contributed by atoms with Crippen LogP contribution in [0.1, 0.15) is 34.8 Å². The Morgan fingerprint density at radius 1 is 1.36 bits per heavy atom. The number of amides is 1. The van der Waals surface area contributed by atoms with E-state index in [9.17, 15) is 14.0 Å². The summed E-state index contributed by atoms with van der Waals surface area (Å²) in [5.41, 5.74) is 6.36. The summed E-state index contributed by atoms with van der Waals surface area (Å²) in [6, 6.07) is 5.44. The second-order valence-electron chi connectivity index (χ2n) is 6.01. The van der Waals surface area contributed by atoms with Gasteiger partial charge in [0.2, 0.25) is 5.91 Å². The summed E-state index contributed by atoms with van der Waals surface area (Å²) in [5, 5.41) is 0.493. The Kier molecular flexibility index (Phi) is 4.43. The van der Waals surface area contributed by atoms with Crippen molar-refractivity contribution in [2.75, 3.05) is 0 Å². The zero-order valence-corrected chi connectivity index (χ0v) is 15.0. The van der Waals surface area contributed by atoms with E-state index in [-0.39, 0.29) is 17.8 Å². The van der Waals surface area contributed by atoms with E-state index in [1.54, 1.807) is 25.1 Å². The molecule has 0 saturated carbocycles. The molecule has 3 rings (SSSR count). The summed E-state index contributed by atoms with van der Waals surface area (Å²) in [5.74, 6) is -0.688. The second kappa shape index (κ2) is 6.40. The first-order valence-corrected chi connectivity index (χ1v) is 8.66. The fourth-order valence-corrected chi connectivity index (χ4v) is 3.85. The van der Waals surface area contributed by atoms with Gasteiger partial charge in [0.05, 0.1) is 5.39 Å². The first kappa shape index (κ1) is 17.3. The maximum absolute atomic E-state index is 14.0. The molecule has 25 heavy (non-hydrogen) atoms. The molecule has 1 unspecified atom stereocenters. The third kappa shape index (κ3) is 2.95. The number of benzene rings is 1. The van der Waals surface area contributed by atoms with Crippen molar-refractivity contribution in [3.05, 3.63) is 62.3 Å². The highest BCUT2D eigenvalue weighted by molar-refractivity contribution is 7.18. The third-order valence-corrected chi connectivity index (χ3v) is 5.51. The number of nitrogens with zero attached hydrogens (tertiary/aromatic N) is 2. The number of primary amides is 1. The number of hydrogen-bond acceptors (Lipinski definition) is 4. The lowest BCUT2D eigenvalue weighted by atomic mass is 10.1. The average Bonchev–Trinajstić information content (AvgIpc) is 2.84. The van der Waals surface area contributed by atoms with Gasteiger partial charge in [0.15, 0.2) is 0 Å². The normalized spacial score (nSPS) is 12.5. The fourth-order valence-electron chi connectivity index (χ4n) is 2.81. The Hall–Kier alpha value is -2.54. The first-order valence-electron chi connectivity index (χ1n) is 7.85. The molecule has 2 N–H and O–H groups in total. The van der Waals surface area contributed by atoms with E-state index in [0.717, 1.165) is 10.4 Å². The predicted octanol–water partition coefficient (Wildman–Crippen LogP) is 2.85. The number of aryl methyl sites for hydroxylation is 2. The smallest absolute Gasteiger partial charge is 0.263 e. The minimum absolute atomic E-state index is 0.103. The van der Waals surface area contributed by atoms with Gasteiger partial charge in [0, 0.05) is 11.3 Å². The molecule has 1 amide bonds. The molecule has 0 radical (unpaired) electrons. The second-order valence-corrected chi connectivity index (χ2v) is 7.22. The molecule has 0 saturated heterocycles. The van der Waals surface area contributed by atoms with Gasteiger partial charge in [0.25, 0.3) is 5.56 Å². The van der Waals surface area contributed by atoms with Crippen molar-refractivity contribution in [2.24, 2.45) is 5.73 Å². The van der Waals surface area contributed by atoms with E-state index in [1.807, 2.05) is 13.8 Å². The number of halogens is 1. The van der Waals surface area contributed by atoms with Crippen molar-refractivity contribution in [1.82, 2.24) is 9.55 Å². The monoisotopic (exact) mass is 359 g/mol. The van der Waals surface area contributed by atoms with Crippen molar-refractivity contribution in [1.29, 1.82) is 0 Å². The summed E-state index contributed by atoms with van der Waals surface area (Å²) >= 11 is 1.42. The van der Waals surface area contributed by atoms with Gasteiger partial charge in [-0.15, -0.1) is 11.3 Å². The molecule has 5 nitrogen and oxygen atoms in total. The molecule has 2 aromatic heterocycles. The highest BCUT2D eigenvalue weighted by Crippen LogP contribution is 2.27. The maximum atomic E-state index is 14.0. The number of aromatic nitrogens is 2. The molecule has 1 atom stereocenters. The Morgan fingerprint density at radius 2 is 2.04 bits per heavy atom. The van der Waals surface area contributed by atoms with Gasteiger partial charge in [-0.3, -0.25) is 14.2 Å². The van der Waals surface area contributed by atoms with Gasteiger partial charge in [-0.2, -0.15) is 0 Å². The molecule has 1 aromatic carbocycles. The quantitative estimate of drug-likeness (QED) is 0.778. The van der Waals surface area contributed by atoms with Crippen LogP contribution in [0.15, 0.2) is 29.1 Å². The number of hydrogen-bond donors (Lipinski definition) is 1. The van der Waals surface area contributed by atoms with Crippen LogP contribution in [0.2, 0.25) is 0 Å². The van der Waals surface area contributed by atoms with Crippen molar-refractivity contribution in [3.8, 4) is 0 Å². The lowest BCUT2D eigenvalue weighted by molar-refractivity contribution is -0.120. The Bertz CT molecular complexity index is 1040. The molecule has 0 aliphatic carbocycles. The lowest BCUT2D eigenvalue weighted by Gasteiger charge is -2.17. The van der Waals surface area contributed by atoms with E-state index >= 15 is 0 Å². The van der Waals surface area contributed by atoms with Crippen LogP contribution in [0.3, 0.4) is 0 Å². The lowest BCUT2D eigenvalue weighted by Crippen LogP contribution is -2.35. The van der Waals surface area contributed by atoms with Crippen LogP contribution >= 0.6 is 11.3 Å².